The lowest BCUT2D eigenvalue weighted by Gasteiger charge is -2.24. The number of fused-ring (bicyclic) bond motifs is 1. The molecule has 0 aliphatic carbocycles. The summed E-state index contributed by atoms with van der Waals surface area (Å²) in [7, 11) is 1.25. The molecular weight excluding hydrogens is 484 g/mol. The predicted molar refractivity (Wildman–Crippen MR) is 131 cm³/mol. The van der Waals surface area contributed by atoms with Crippen LogP contribution in [0.4, 0.5) is 8.78 Å². The molecule has 0 radical (unpaired) electrons. The summed E-state index contributed by atoms with van der Waals surface area (Å²) < 4.78 is 34.9. The maximum atomic E-state index is 14.4. The second kappa shape index (κ2) is 10.5. The number of methoxy groups -OCH3 is 1. The molecule has 0 bridgehead atoms. The van der Waals surface area contributed by atoms with Crippen LogP contribution in [0.15, 0.2) is 42.6 Å². The molecule has 2 aromatic carbocycles. The number of hydrogen-bond donors (Lipinski definition) is 1. The van der Waals surface area contributed by atoms with E-state index >= 15 is 0 Å². The lowest BCUT2D eigenvalue weighted by molar-refractivity contribution is -0.139. The number of alkyl halides is 1. The summed E-state index contributed by atoms with van der Waals surface area (Å²) in [5.41, 5.74) is 1.78. The number of esters is 1. The van der Waals surface area contributed by atoms with Crippen molar-refractivity contribution in [2.75, 3.05) is 13.7 Å². The van der Waals surface area contributed by atoms with E-state index in [1.807, 2.05) is 0 Å². The molecule has 8 nitrogen and oxygen atoms in total. The smallest absolute Gasteiger partial charge is 0.337 e. The van der Waals surface area contributed by atoms with Crippen molar-refractivity contribution in [2.45, 2.75) is 45.6 Å². The number of ether oxygens (including phenoxy) is 1. The van der Waals surface area contributed by atoms with Crippen LogP contribution in [-0.2, 0) is 27.4 Å². The molecule has 1 aliphatic heterocycles. The van der Waals surface area contributed by atoms with Gasteiger partial charge < -0.3 is 19.5 Å². The van der Waals surface area contributed by atoms with Crippen molar-refractivity contribution in [1.82, 2.24) is 14.8 Å². The van der Waals surface area contributed by atoms with Crippen molar-refractivity contribution in [3.63, 3.8) is 0 Å². The Kier molecular flexibility index (Phi) is 7.37. The number of rotatable bonds is 7. The third kappa shape index (κ3) is 5.23. The fraction of sp³-hybridized carbons (Fsp3) is 0.333. The Morgan fingerprint density at radius 3 is 2.62 bits per heavy atom. The number of benzene rings is 2. The minimum absolute atomic E-state index is 0.0949. The van der Waals surface area contributed by atoms with E-state index in [4.69, 9.17) is 4.74 Å². The lowest BCUT2D eigenvalue weighted by atomic mass is 10.1. The zero-order valence-electron chi connectivity index (χ0n) is 20.7. The van der Waals surface area contributed by atoms with Crippen molar-refractivity contribution in [1.29, 1.82) is 0 Å². The van der Waals surface area contributed by atoms with E-state index in [1.165, 1.54) is 36.9 Å². The minimum atomic E-state index is -1.39. The third-order valence-electron chi connectivity index (χ3n) is 6.59. The maximum Gasteiger partial charge on any atom is 0.337 e. The molecular formula is C27H27F2N3O5. The van der Waals surface area contributed by atoms with Gasteiger partial charge in [-0.1, -0.05) is 24.3 Å². The molecule has 194 valence electrons. The zero-order valence-corrected chi connectivity index (χ0v) is 20.7. The molecule has 2 heterocycles. The highest BCUT2D eigenvalue weighted by atomic mass is 19.1. The number of nitrogens with one attached hydrogen (secondary N) is 1. The first kappa shape index (κ1) is 26.0. The first-order valence-corrected chi connectivity index (χ1v) is 11.8. The number of halogens is 2. The highest BCUT2D eigenvalue weighted by Gasteiger charge is 2.39. The molecule has 1 aromatic heterocycles. The summed E-state index contributed by atoms with van der Waals surface area (Å²) in [6, 6.07) is 8.42. The van der Waals surface area contributed by atoms with Gasteiger partial charge >= 0.3 is 5.97 Å². The molecule has 10 heteroatoms. The van der Waals surface area contributed by atoms with Gasteiger partial charge in [0, 0.05) is 35.7 Å². The number of Topliss-reactive ketones (excluding diaryl/α,β-unsaturated/α-hetero) is 1. The molecule has 37 heavy (non-hydrogen) atoms. The van der Waals surface area contributed by atoms with E-state index in [0.29, 0.717) is 22.0 Å². The fourth-order valence-electron chi connectivity index (χ4n) is 4.64. The van der Waals surface area contributed by atoms with Crippen molar-refractivity contribution < 1.29 is 32.7 Å². The van der Waals surface area contributed by atoms with E-state index in [2.05, 4.69) is 5.32 Å². The Bertz CT molecular complexity index is 1400. The molecule has 4 rings (SSSR count). The van der Waals surface area contributed by atoms with Crippen LogP contribution in [0.2, 0.25) is 0 Å². The Balaban J connectivity index is 1.56. The molecule has 3 aromatic rings. The van der Waals surface area contributed by atoms with Gasteiger partial charge in [-0.3, -0.25) is 14.4 Å². The van der Waals surface area contributed by atoms with Crippen LogP contribution in [0.1, 0.15) is 45.2 Å². The first-order valence-electron chi connectivity index (χ1n) is 11.8. The maximum absolute atomic E-state index is 14.4. The van der Waals surface area contributed by atoms with Gasteiger partial charge in [-0.15, -0.1) is 0 Å². The number of carbonyl (C=O) groups is 4. The summed E-state index contributed by atoms with van der Waals surface area (Å²) in [6.07, 6.45) is -0.0636. The normalized spacial score (nSPS) is 17.2. The highest BCUT2D eigenvalue weighted by molar-refractivity contribution is 6.08. The number of nitrogens with zero attached hydrogens (tertiary/aromatic N) is 2. The lowest BCUT2D eigenvalue weighted by Crippen LogP contribution is -2.46. The Labute approximate surface area is 212 Å². The molecule has 2 atom stereocenters. The minimum Gasteiger partial charge on any atom is -0.465 e. The van der Waals surface area contributed by atoms with E-state index in [1.54, 1.807) is 31.2 Å². The van der Waals surface area contributed by atoms with Gasteiger partial charge in [-0.2, -0.15) is 0 Å². The number of amides is 2. The fourth-order valence-corrected chi connectivity index (χ4v) is 4.64. The van der Waals surface area contributed by atoms with Gasteiger partial charge in [0.15, 0.2) is 5.78 Å². The van der Waals surface area contributed by atoms with Crippen molar-refractivity contribution >= 4 is 34.5 Å². The topological polar surface area (TPSA) is 97.7 Å². The average molecular weight is 512 g/mol. The summed E-state index contributed by atoms with van der Waals surface area (Å²) in [6.45, 7) is 2.37. The van der Waals surface area contributed by atoms with Crippen LogP contribution in [0.3, 0.4) is 0 Å². The SMILES string of the molecule is COC(=O)c1ccc2c(C(C)=O)cn(CC(=O)N3C[C@H](F)CC3C(=O)NCc3cccc(C)c3F)c2c1. The number of likely N-dealkylation sites (tertiary alicyclic amines) is 1. The van der Waals surface area contributed by atoms with E-state index < -0.39 is 35.8 Å². The van der Waals surface area contributed by atoms with Gasteiger partial charge in [0.2, 0.25) is 11.8 Å². The molecule has 0 spiro atoms. The monoisotopic (exact) mass is 511 g/mol. The van der Waals surface area contributed by atoms with Gasteiger partial charge in [-0.05, 0) is 31.5 Å². The Morgan fingerprint density at radius 2 is 1.92 bits per heavy atom. The van der Waals surface area contributed by atoms with Crippen LogP contribution in [0.25, 0.3) is 10.9 Å². The van der Waals surface area contributed by atoms with Crippen molar-refractivity contribution in [3.05, 3.63) is 70.7 Å². The van der Waals surface area contributed by atoms with E-state index in [0.717, 1.165) is 4.90 Å². The molecule has 0 saturated carbocycles. The standard InChI is InChI=1S/C27H27F2N3O5/c1-15-5-4-6-18(25(15)29)11-30-26(35)23-10-19(28)12-32(23)24(34)14-31-13-21(16(2)33)20-8-7-17(9-22(20)31)27(36)37-3/h4-9,13,19,23H,10-12,14H2,1-3H3,(H,30,35)/t19-,23?/m1/s1. The predicted octanol–water partition coefficient (Wildman–Crippen LogP) is 3.33. The largest absolute Gasteiger partial charge is 0.465 e. The first-order chi connectivity index (χ1) is 17.6. The summed E-state index contributed by atoms with van der Waals surface area (Å²) in [4.78, 5) is 51.5. The number of carbonyl (C=O) groups excluding carboxylic acids is 4. The highest BCUT2D eigenvalue weighted by Crippen LogP contribution is 2.26. The van der Waals surface area contributed by atoms with Crippen LogP contribution in [0, 0.1) is 12.7 Å². The number of ketones is 1. The second-order valence-electron chi connectivity index (χ2n) is 9.11. The Hall–Kier alpha value is -4.08. The Morgan fingerprint density at radius 1 is 1.16 bits per heavy atom. The van der Waals surface area contributed by atoms with Crippen LogP contribution >= 0.6 is 0 Å². The molecule has 1 saturated heterocycles. The van der Waals surface area contributed by atoms with E-state index in [-0.39, 0.29) is 43.0 Å². The van der Waals surface area contributed by atoms with Crippen LogP contribution in [0.5, 0.6) is 0 Å². The van der Waals surface area contributed by atoms with Crippen LogP contribution < -0.4 is 5.32 Å². The van der Waals surface area contributed by atoms with Crippen molar-refractivity contribution in [2.24, 2.45) is 0 Å². The summed E-state index contributed by atoms with van der Waals surface area (Å²) in [5, 5.41) is 3.16. The zero-order chi connectivity index (χ0) is 26.9. The quantitative estimate of drug-likeness (QED) is 0.388. The average Bonchev–Trinajstić information content (AvgIpc) is 3.44. The molecule has 1 fully saturated rings. The van der Waals surface area contributed by atoms with E-state index in [9.17, 15) is 28.0 Å². The molecule has 2 amide bonds. The molecule has 1 unspecified atom stereocenters. The van der Waals surface area contributed by atoms with Gasteiger partial charge in [0.25, 0.3) is 0 Å². The van der Waals surface area contributed by atoms with Crippen molar-refractivity contribution in [3.8, 4) is 0 Å². The number of aryl methyl sites for hydroxylation is 1. The summed E-state index contributed by atoms with van der Waals surface area (Å²) >= 11 is 0. The third-order valence-corrected chi connectivity index (χ3v) is 6.59. The molecule has 1 N–H and O–H groups in total. The number of aromatic nitrogens is 1. The second-order valence-corrected chi connectivity index (χ2v) is 9.11. The number of hydrogen-bond acceptors (Lipinski definition) is 5. The van der Waals surface area contributed by atoms with Gasteiger partial charge in [0.1, 0.15) is 24.6 Å². The van der Waals surface area contributed by atoms with Gasteiger partial charge in [0.05, 0.1) is 24.7 Å². The van der Waals surface area contributed by atoms with Crippen LogP contribution in [-0.4, -0.2) is 58.9 Å². The summed E-state index contributed by atoms with van der Waals surface area (Å²) in [5.74, 6) is -2.35. The molecule has 1 aliphatic rings. The van der Waals surface area contributed by atoms with Gasteiger partial charge in [-0.25, -0.2) is 13.6 Å².